The van der Waals surface area contributed by atoms with Crippen LogP contribution < -0.4 is 16.2 Å². The highest BCUT2D eigenvalue weighted by atomic mass is 32.2. The van der Waals surface area contributed by atoms with Crippen LogP contribution in [-0.4, -0.2) is 14.4 Å². The number of hydrogen-bond donors (Lipinski definition) is 3. The first-order chi connectivity index (χ1) is 7.36. The van der Waals surface area contributed by atoms with Gasteiger partial charge in [-0.2, -0.15) is 5.26 Å². The molecule has 1 aromatic rings. The summed E-state index contributed by atoms with van der Waals surface area (Å²) in [5.74, 6) is 0. The third-order valence-electron chi connectivity index (χ3n) is 1.65. The quantitative estimate of drug-likeness (QED) is 0.598. The lowest BCUT2D eigenvalue weighted by atomic mass is 10.2. The van der Waals surface area contributed by atoms with Crippen LogP contribution in [0.1, 0.15) is 5.56 Å². The minimum Gasteiger partial charge on any atom is -0.399 e. The molecule has 0 saturated carbocycles. The van der Waals surface area contributed by atoms with E-state index in [-0.39, 0.29) is 16.1 Å². The van der Waals surface area contributed by atoms with Gasteiger partial charge in [0.1, 0.15) is 11.0 Å². The highest BCUT2D eigenvalue weighted by Crippen LogP contribution is 2.17. The Morgan fingerprint density at radius 2 is 2.06 bits per heavy atom. The molecule has 0 unspecified atom stereocenters. The molecule has 0 aliphatic rings. The van der Waals surface area contributed by atoms with Crippen LogP contribution in [0.15, 0.2) is 23.1 Å². The topological polar surface area (TPSA) is 139 Å². The molecule has 5 N–H and O–H groups in total. The lowest BCUT2D eigenvalue weighted by Crippen LogP contribution is -2.35. The number of nitrogens with one attached hydrogen (secondary N) is 1. The molecule has 0 aliphatic heterocycles. The fourth-order valence-electron chi connectivity index (χ4n) is 1.06. The van der Waals surface area contributed by atoms with Crippen molar-refractivity contribution in [2.24, 2.45) is 5.73 Å². The first-order valence-electron chi connectivity index (χ1n) is 3.98. The number of anilines is 1. The first kappa shape index (κ1) is 11.8. The van der Waals surface area contributed by atoms with E-state index in [0.29, 0.717) is 0 Å². The third kappa shape index (κ3) is 2.40. The van der Waals surface area contributed by atoms with Gasteiger partial charge >= 0.3 is 6.03 Å². The fourth-order valence-corrected chi connectivity index (χ4v) is 2.07. The van der Waals surface area contributed by atoms with Gasteiger partial charge in [-0.05, 0) is 18.2 Å². The summed E-state index contributed by atoms with van der Waals surface area (Å²) >= 11 is 0. The van der Waals surface area contributed by atoms with Gasteiger partial charge in [-0.1, -0.05) is 0 Å². The molecule has 0 bridgehead atoms. The zero-order valence-corrected chi connectivity index (χ0v) is 8.78. The van der Waals surface area contributed by atoms with Crippen LogP contribution >= 0.6 is 0 Å². The third-order valence-corrected chi connectivity index (χ3v) is 3.05. The summed E-state index contributed by atoms with van der Waals surface area (Å²) in [6.07, 6.45) is 0. The normalized spacial score (nSPS) is 10.4. The summed E-state index contributed by atoms with van der Waals surface area (Å²) in [6, 6.07) is 4.06. The monoisotopic (exact) mass is 240 g/mol. The van der Waals surface area contributed by atoms with Crippen molar-refractivity contribution in [2.75, 3.05) is 5.73 Å². The maximum absolute atomic E-state index is 11.5. The van der Waals surface area contributed by atoms with Crippen molar-refractivity contribution in [3.8, 4) is 6.07 Å². The van der Waals surface area contributed by atoms with Gasteiger partial charge in [0.15, 0.2) is 0 Å². The average Bonchev–Trinajstić information content (AvgIpc) is 2.15. The number of rotatable bonds is 2. The number of nitrogens with two attached hydrogens (primary N) is 2. The highest BCUT2D eigenvalue weighted by molar-refractivity contribution is 7.90. The number of primary amides is 1. The average molecular weight is 240 g/mol. The number of nitrogen functional groups attached to an aromatic ring is 1. The maximum Gasteiger partial charge on any atom is 0.326 e. The second-order valence-electron chi connectivity index (χ2n) is 2.84. The molecule has 0 fully saturated rings. The Bertz CT molecular complexity index is 573. The van der Waals surface area contributed by atoms with Gasteiger partial charge in [0.05, 0.1) is 5.56 Å². The van der Waals surface area contributed by atoms with Gasteiger partial charge in [0.2, 0.25) is 0 Å². The van der Waals surface area contributed by atoms with Crippen molar-refractivity contribution in [1.29, 1.82) is 5.26 Å². The smallest absolute Gasteiger partial charge is 0.326 e. The van der Waals surface area contributed by atoms with Crippen LogP contribution in [-0.2, 0) is 10.0 Å². The zero-order chi connectivity index (χ0) is 12.3. The van der Waals surface area contributed by atoms with E-state index in [0.717, 1.165) is 6.07 Å². The van der Waals surface area contributed by atoms with Gasteiger partial charge in [0, 0.05) is 5.69 Å². The number of nitriles is 1. The van der Waals surface area contributed by atoms with Crippen LogP contribution in [0.3, 0.4) is 0 Å². The molecular weight excluding hydrogens is 232 g/mol. The minimum atomic E-state index is -4.12. The summed E-state index contributed by atoms with van der Waals surface area (Å²) in [5, 5.41) is 8.73. The van der Waals surface area contributed by atoms with E-state index >= 15 is 0 Å². The number of benzene rings is 1. The molecule has 1 rings (SSSR count). The molecule has 7 nitrogen and oxygen atoms in total. The SMILES string of the molecule is N#Cc1cc(N)ccc1S(=O)(=O)NC(N)=O. The Hall–Kier alpha value is -2.27. The van der Waals surface area contributed by atoms with E-state index < -0.39 is 16.1 Å². The van der Waals surface area contributed by atoms with Crippen molar-refractivity contribution < 1.29 is 13.2 Å². The van der Waals surface area contributed by atoms with E-state index in [1.807, 2.05) is 0 Å². The predicted molar refractivity (Wildman–Crippen MR) is 55.5 cm³/mol. The molecule has 0 radical (unpaired) electrons. The van der Waals surface area contributed by atoms with E-state index in [1.54, 1.807) is 10.8 Å². The Morgan fingerprint density at radius 1 is 1.44 bits per heavy atom. The summed E-state index contributed by atoms with van der Waals surface area (Å²) in [4.78, 5) is 10.1. The lowest BCUT2D eigenvalue weighted by Gasteiger charge is -2.06. The van der Waals surface area contributed by atoms with Crippen molar-refractivity contribution in [2.45, 2.75) is 4.90 Å². The zero-order valence-electron chi connectivity index (χ0n) is 7.97. The van der Waals surface area contributed by atoms with E-state index in [1.165, 1.54) is 12.1 Å². The Morgan fingerprint density at radius 3 is 2.56 bits per heavy atom. The molecule has 0 aromatic heterocycles. The number of amides is 2. The van der Waals surface area contributed by atoms with E-state index in [4.69, 9.17) is 16.7 Å². The molecular formula is C8H8N4O3S. The standard InChI is InChI=1S/C8H8N4O3S/c9-4-5-3-6(10)1-2-7(5)16(14,15)12-8(11)13/h1-3H,10H2,(H3,11,12,13). The predicted octanol–water partition coefficient (Wildman–Crippen LogP) is -0.503. The van der Waals surface area contributed by atoms with Gasteiger partial charge in [-0.15, -0.1) is 0 Å². The van der Waals surface area contributed by atoms with Gasteiger partial charge in [0.25, 0.3) is 10.0 Å². The van der Waals surface area contributed by atoms with E-state index in [9.17, 15) is 13.2 Å². The molecule has 0 atom stereocenters. The fraction of sp³-hybridized carbons (Fsp3) is 0. The van der Waals surface area contributed by atoms with Crippen LogP contribution in [0, 0.1) is 11.3 Å². The van der Waals surface area contributed by atoms with Gasteiger partial charge < -0.3 is 11.5 Å². The van der Waals surface area contributed by atoms with Crippen molar-refractivity contribution in [1.82, 2.24) is 4.72 Å². The Labute approximate surface area is 91.7 Å². The largest absolute Gasteiger partial charge is 0.399 e. The summed E-state index contributed by atoms with van der Waals surface area (Å²) in [6.45, 7) is 0. The van der Waals surface area contributed by atoms with Crippen molar-refractivity contribution in [3.63, 3.8) is 0 Å². The second kappa shape index (κ2) is 4.08. The van der Waals surface area contributed by atoms with Crippen molar-refractivity contribution in [3.05, 3.63) is 23.8 Å². The molecule has 0 saturated heterocycles. The number of urea groups is 1. The summed E-state index contributed by atoms with van der Waals surface area (Å²) in [7, 11) is -4.12. The Balaban J connectivity index is 3.35. The number of carbonyl (C=O) groups excluding carboxylic acids is 1. The highest BCUT2D eigenvalue weighted by Gasteiger charge is 2.20. The molecule has 0 spiro atoms. The molecule has 84 valence electrons. The molecule has 0 heterocycles. The van der Waals surface area contributed by atoms with Crippen molar-refractivity contribution >= 4 is 21.7 Å². The van der Waals surface area contributed by atoms with E-state index in [2.05, 4.69) is 0 Å². The van der Waals surface area contributed by atoms with Crippen LogP contribution in [0.5, 0.6) is 0 Å². The van der Waals surface area contributed by atoms with Crippen LogP contribution in [0.4, 0.5) is 10.5 Å². The number of sulfonamides is 1. The first-order valence-corrected chi connectivity index (χ1v) is 5.47. The maximum atomic E-state index is 11.5. The lowest BCUT2D eigenvalue weighted by molar-refractivity contribution is 0.253. The molecule has 1 aromatic carbocycles. The Kier molecular flexibility index (Phi) is 3.01. The number of hydrogen-bond acceptors (Lipinski definition) is 5. The molecule has 16 heavy (non-hydrogen) atoms. The number of nitrogens with zero attached hydrogens (tertiary/aromatic N) is 1. The number of carbonyl (C=O) groups is 1. The van der Waals surface area contributed by atoms with Crippen LogP contribution in [0.25, 0.3) is 0 Å². The molecule has 2 amide bonds. The molecule has 0 aliphatic carbocycles. The summed E-state index contributed by atoms with van der Waals surface area (Å²) < 4.78 is 24.6. The van der Waals surface area contributed by atoms with Gasteiger partial charge in [-0.3, -0.25) is 0 Å². The second-order valence-corrected chi connectivity index (χ2v) is 4.49. The van der Waals surface area contributed by atoms with Gasteiger partial charge in [-0.25, -0.2) is 17.9 Å². The summed E-state index contributed by atoms with van der Waals surface area (Å²) in [5.41, 5.74) is 10.2. The minimum absolute atomic E-state index is 0.159. The molecule has 8 heteroatoms. The van der Waals surface area contributed by atoms with Crippen LogP contribution in [0.2, 0.25) is 0 Å².